The number of ether oxygens (including phenoxy) is 2. The van der Waals surface area contributed by atoms with Crippen LogP contribution in [-0.2, 0) is 17.7 Å². The summed E-state index contributed by atoms with van der Waals surface area (Å²) in [6.45, 7) is 5.42. The van der Waals surface area contributed by atoms with Gasteiger partial charge in [-0.1, -0.05) is 0 Å². The number of nitrogens with zero attached hydrogens (tertiary/aromatic N) is 4. The number of benzene rings is 1. The minimum absolute atomic E-state index is 0.231. The van der Waals surface area contributed by atoms with Crippen LogP contribution in [0.15, 0.2) is 18.3 Å². The van der Waals surface area contributed by atoms with Gasteiger partial charge in [0.1, 0.15) is 10.6 Å². The van der Waals surface area contributed by atoms with Crippen molar-refractivity contribution in [1.82, 2.24) is 19.9 Å². The summed E-state index contributed by atoms with van der Waals surface area (Å²) in [4.78, 5) is 28.3. The number of hydrogen-bond donors (Lipinski definition) is 0. The maximum Gasteiger partial charge on any atom is 0.410 e. The normalized spacial score (nSPS) is 14.1. The fourth-order valence-electron chi connectivity index (χ4n) is 3.35. The van der Waals surface area contributed by atoms with Crippen molar-refractivity contribution in [2.75, 3.05) is 6.54 Å². The second-order valence-electron chi connectivity index (χ2n) is 8.31. The van der Waals surface area contributed by atoms with E-state index in [9.17, 15) is 13.6 Å². The summed E-state index contributed by atoms with van der Waals surface area (Å²) in [6, 6.07) is 3.71. The molecule has 7 nitrogen and oxygen atoms in total. The number of thiazole rings is 1. The van der Waals surface area contributed by atoms with Gasteiger partial charge in [0, 0.05) is 23.4 Å². The molecule has 0 saturated heterocycles. The average Bonchev–Trinajstić information content (AvgIpc) is 3.08. The van der Waals surface area contributed by atoms with Crippen LogP contribution in [0, 0.1) is 6.92 Å². The Bertz CT molecular complexity index is 1140. The van der Waals surface area contributed by atoms with Crippen molar-refractivity contribution < 1.29 is 23.0 Å². The third-order valence-electron chi connectivity index (χ3n) is 4.59. The van der Waals surface area contributed by atoms with E-state index in [1.807, 2.05) is 33.8 Å². The Hall–Kier alpha value is -2.88. The lowest BCUT2D eigenvalue weighted by Crippen LogP contribution is -2.39. The van der Waals surface area contributed by atoms with Crippen LogP contribution >= 0.6 is 11.3 Å². The fraction of sp³-hybridized carbons (Fsp3) is 0.429. The second-order valence-corrected chi connectivity index (χ2v) is 9.39. The molecule has 1 aliphatic rings. The highest BCUT2D eigenvalue weighted by Gasteiger charge is 2.28. The first-order valence-electron chi connectivity index (χ1n) is 9.78. The first-order valence-corrected chi connectivity index (χ1v) is 10.6. The van der Waals surface area contributed by atoms with Gasteiger partial charge in [0.15, 0.2) is 0 Å². The number of fused-ring (bicyclic) bond motifs is 2. The summed E-state index contributed by atoms with van der Waals surface area (Å²) in [5.74, 6) is -0.231. The number of aromatic nitrogens is 3. The van der Waals surface area contributed by atoms with Gasteiger partial charge in [0.25, 0.3) is 0 Å². The molecule has 1 amide bonds. The zero-order valence-electron chi connectivity index (χ0n) is 17.6. The van der Waals surface area contributed by atoms with Crippen LogP contribution < -0.4 is 4.74 Å². The van der Waals surface area contributed by atoms with Gasteiger partial charge in [-0.25, -0.2) is 19.7 Å². The molecule has 0 spiro atoms. The number of hydrogen-bond acceptors (Lipinski definition) is 7. The van der Waals surface area contributed by atoms with Crippen molar-refractivity contribution >= 4 is 28.5 Å². The molecule has 10 heteroatoms. The minimum Gasteiger partial charge on any atom is -0.444 e. The van der Waals surface area contributed by atoms with Crippen molar-refractivity contribution in [1.29, 1.82) is 0 Å². The molecule has 0 N–H and O–H groups in total. The average molecular weight is 448 g/mol. The van der Waals surface area contributed by atoms with Crippen LogP contribution in [0.25, 0.3) is 21.6 Å². The van der Waals surface area contributed by atoms with Gasteiger partial charge in [0.2, 0.25) is 5.88 Å². The highest BCUT2D eigenvalue weighted by molar-refractivity contribution is 7.15. The lowest BCUT2D eigenvalue weighted by Gasteiger charge is -2.29. The first-order chi connectivity index (χ1) is 14.6. The van der Waals surface area contributed by atoms with E-state index in [1.54, 1.807) is 11.0 Å². The number of carbonyl (C=O) groups excluding carboxylic acids is 1. The van der Waals surface area contributed by atoms with Gasteiger partial charge >= 0.3 is 12.7 Å². The Morgan fingerprint density at radius 1 is 1.26 bits per heavy atom. The third-order valence-corrected chi connectivity index (χ3v) is 5.71. The molecule has 0 saturated carbocycles. The Balaban J connectivity index is 1.65. The quantitative estimate of drug-likeness (QED) is 0.564. The van der Waals surface area contributed by atoms with Crippen LogP contribution in [0.3, 0.4) is 0 Å². The zero-order chi connectivity index (χ0) is 22.3. The lowest BCUT2D eigenvalue weighted by molar-refractivity contribution is -0.0528. The molecule has 4 rings (SSSR count). The fourth-order valence-corrected chi connectivity index (χ4v) is 4.49. The summed E-state index contributed by atoms with van der Waals surface area (Å²) in [5, 5.41) is 0.751. The summed E-state index contributed by atoms with van der Waals surface area (Å²) >= 11 is 1.49. The van der Waals surface area contributed by atoms with Crippen molar-refractivity contribution in [2.24, 2.45) is 0 Å². The van der Waals surface area contributed by atoms with Crippen molar-refractivity contribution in [3.05, 3.63) is 34.5 Å². The van der Waals surface area contributed by atoms with Gasteiger partial charge in [-0.2, -0.15) is 8.78 Å². The molecule has 3 aromatic rings. The highest BCUT2D eigenvalue weighted by atomic mass is 32.1. The van der Waals surface area contributed by atoms with E-state index in [1.165, 1.54) is 17.5 Å². The van der Waals surface area contributed by atoms with E-state index in [2.05, 4.69) is 14.7 Å². The number of amides is 1. The molecule has 164 valence electrons. The topological polar surface area (TPSA) is 77.4 Å². The van der Waals surface area contributed by atoms with E-state index in [-0.39, 0.29) is 12.0 Å². The molecular weight excluding hydrogens is 426 g/mol. The zero-order valence-corrected chi connectivity index (χ0v) is 18.4. The summed E-state index contributed by atoms with van der Waals surface area (Å²) in [6.07, 6.45) is 1.48. The van der Waals surface area contributed by atoms with Gasteiger partial charge in [-0.05, 0) is 45.4 Å². The van der Waals surface area contributed by atoms with E-state index >= 15 is 0 Å². The Morgan fingerprint density at radius 2 is 2.03 bits per heavy atom. The van der Waals surface area contributed by atoms with Crippen molar-refractivity contribution in [3.63, 3.8) is 0 Å². The SMILES string of the molecule is Cc1cc(-c2nc3c(s2)CN(C(=O)OC(C)(C)C)CC3)c2ncc(OC(F)F)nc2c1. The largest absolute Gasteiger partial charge is 0.444 e. The van der Waals surface area contributed by atoms with E-state index < -0.39 is 12.2 Å². The maximum atomic E-state index is 12.5. The lowest BCUT2D eigenvalue weighted by atomic mass is 10.1. The Kier molecular flexibility index (Phi) is 5.50. The molecule has 31 heavy (non-hydrogen) atoms. The number of aryl methyl sites for hydroxylation is 1. The van der Waals surface area contributed by atoms with E-state index in [0.29, 0.717) is 30.5 Å². The first kappa shape index (κ1) is 21.4. The van der Waals surface area contributed by atoms with Crippen LogP contribution in [0.4, 0.5) is 13.6 Å². The summed E-state index contributed by atoms with van der Waals surface area (Å²) < 4.78 is 34.9. The summed E-state index contributed by atoms with van der Waals surface area (Å²) in [5.41, 5.74) is 3.07. The smallest absolute Gasteiger partial charge is 0.410 e. The van der Waals surface area contributed by atoms with E-state index in [4.69, 9.17) is 9.72 Å². The van der Waals surface area contributed by atoms with Crippen LogP contribution in [-0.4, -0.2) is 44.7 Å². The minimum atomic E-state index is -2.96. The molecule has 0 radical (unpaired) electrons. The van der Waals surface area contributed by atoms with Gasteiger partial charge < -0.3 is 14.4 Å². The summed E-state index contributed by atoms with van der Waals surface area (Å²) in [7, 11) is 0. The molecular formula is C21H22F2N4O3S. The molecule has 0 unspecified atom stereocenters. The molecule has 1 aliphatic heterocycles. The number of carbonyl (C=O) groups is 1. The maximum absolute atomic E-state index is 12.5. The monoisotopic (exact) mass is 448 g/mol. The molecule has 0 aliphatic carbocycles. The predicted octanol–water partition coefficient (Wildman–Crippen LogP) is 4.96. The molecule has 3 heterocycles. The van der Waals surface area contributed by atoms with Crippen molar-refractivity contribution in [2.45, 2.75) is 52.9 Å². The second kappa shape index (κ2) is 7.99. The molecule has 2 aromatic heterocycles. The number of rotatable bonds is 3. The number of halogens is 2. The highest BCUT2D eigenvalue weighted by Crippen LogP contribution is 2.36. The molecule has 0 fully saturated rings. The van der Waals surface area contributed by atoms with Gasteiger partial charge in [-0.15, -0.1) is 11.3 Å². The molecule has 0 atom stereocenters. The van der Waals surface area contributed by atoms with Crippen LogP contribution in [0.1, 0.15) is 36.9 Å². The third kappa shape index (κ3) is 4.73. The molecule has 1 aromatic carbocycles. The standard InChI is InChI=1S/C21H22F2N4O3S/c1-11-7-12(17-14(8-11)25-16(9-24-17)29-19(22)23)18-26-13-5-6-27(10-15(13)31-18)20(28)30-21(2,3)4/h7-9,19H,5-6,10H2,1-4H3. The van der Waals surface area contributed by atoms with E-state index in [0.717, 1.165) is 26.7 Å². The Labute approximate surface area is 182 Å². The Morgan fingerprint density at radius 3 is 2.74 bits per heavy atom. The van der Waals surface area contributed by atoms with Gasteiger partial charge in [0.05, 0.1) is 29.5 Å². The van der Waals surface area contributed by atoms with Crippen molar-refractivity contribution in [3.8, 4) is 16.5 Å². The van der Waals surface area contributed by atoms with Crippen LogP contribution in [0.5, 0.6) is 5.88 Å². The molecule has 0 bridgehead atoms. The van der Waals surface area contributed by atoms with Gasteiger partial charge in [-0.3, -0.25) is 0 Å². The van der Waals surface area contributed by atoms with Crippen LogP contribution in [0.2, 0.25) is 0 Å². The number of alkyl halides is 2. The predicted molar refractivity (Wildman–Crippen MR) is 112 cm³/mol.